The first-order valence-electron chi connectivity index (χ1n) is 8.19. The highest BCUT2D eigenvalue weighted by atomic mass is 32.1. The van der Waals surface area contributed by atoms with E-state index >= 15 is 0 Å². The van der Waals surface area contributed by atoms with Crippen LogP contribution in [0.1, 0.15) is 43.1 Å². The topological polar surface area (TPSA) is 87.6 Å². The van der Waals surface area contributed by atoms with Gasteiger partial charge in [0.05, 0.1) is 0 Å². The molecule has 0 aromatic carbocycles. The number of carbonyl (C=O) groups is 1. The average Bonchev–Trinajstić information content (AvgIpc) is 3.28. The number of ketones is 1. The monoisotopic (exact) mass is 360 g/mol. The van der Waals surface area contributed by atoms with E-state index < -0.39 is 0 Å². The maximum Gasteiger partial charge on any atom is 0.366 e. The lowest BCUT2D eigenvalue weighted by molar-refractivity contribution is -0.117. The number of rotatable bonds is 7. The van der Waals surface area contributed by atoms with Crippen molar-refractivity contribution in [2.24, 2.45) is 0 Å². The van der Waals surface area contributed by atoms with Gasteiger partial charge in [-0.15, -0.1) is 21.5 Å². The molecule has 0 saturated heterocycles. The van der Waals surface area contributed by atoms with E-state index in [4.69, 9.17) is 0 Å². The molecule has 8 nitrogen and oxygen atoms in total. The molecule has 0 aliphatic carbocycles. The van der Waals surface area contributed by atoms with Gasteiger partial charge in [0.1, 0.15) is 6.54 Å². The summed E-state index contributed by atoms with van der Waals surface area (Å²) in [5, 5.41) is 14.8. The molecule has 9 heteroatoms. The third-order valence-electron chi connectivity index (χ3n) is 3.77. The van der Waals surface area contributed by atoms with Crippen LogP contribution in [0, 0.1) is 0 Å². The number of hydrogen-bond donors (Lipinski definition) is 0. The summed E-state index contributed by atoms with van der Waals surface area (Å²) >= 11 is 1.60. The molecule has 3 aromatic heterocycles. The van der Waals surface area contributed by atoms with Gasteiger partial charge in [-0.3, -0.25) is 4.79 Å². The zero-order valence-corrected chi connectivity index (χ0v) is 15.3. The summed E-state index contributed by atoms with van der Waals surface area (Å²) in [6.07, 6.45) is 1.77. The summed E-state index contributed by atoms with van der Waals surface area (Å²) in [7, 11) is 0. The molecule has 0 atom stereocenters. The summed E-state index contributed by atoms with van der Waals surface area (Å²) < 4.78 is 4.44. The Morgan fingerprint density at radius 1 is 1.12 bits per heavy atom. The lowest BCUT2D eigenvalue weighted by Gasteiger charge is -2.10. The second-order valence-electron chi connectivity index (χ2n) is 5.68. The van der Waals surface area contributed by atoms with Crippen LogP contribution in [0.15, 0.2) is 22.3 Å². The van der Waals surface area contributed by atoms with Crippen LogP contribution in [0.25, 0.3) is 0 Å². The van der Waals surface area contributed by atoms with Gasteiger partial charge in [-0.2, -0.15) is 9.77 Å². The summed E-state index contributed by atoms with van der Waals surface area (Å²) in [4.78, 5) is 25.5. The standard InChI is InChI=1S/C16H20N6O2S/c1-4-13-17-18-14(5-2)21(13)22-15(9-12-7-6-8-25-12)19-20(16(22)24)10-11(3)23/h6-8H,4-5,9-10H2,1-3H3. The van der Waals surface area contributed by atoms with Crippen LogP contribution in [0.5, 0.6) is 0 Å². The van der Waals surface area contributed by atoms with Gasteiger partial charge in [0.25, 0.3) is 0 Å². The highest BCUT2D eigenvalue weighted by Gasteiger charge is 2.21. The van der Waals surface area contributed by atoms with E-state index in [2.05, 4.69) is 15.3 Å². The van der Waals surface area contributed by atoms with Crippen LogP contribution >= 0.6 is 11.3 Å². The molecule has 0 bridgehead atoms. The Bertz CT molecular complexity index is 913. The Kier molecular flexibility index (Phi) is 4.93. The van der Waals surface area contributed by atoms with Gasteiger partial charge in [0.15, 0.2) is 23.3 Å². The molecule has 0 aliphatic rings. The number of aromatic nitrogens is 6. The second-order valence-corrected chi connectivity index (χ2v) is 6.71. The molecule has 0 N–H and O–H groups in total. The number of carbonyl (C=O) groups excluding carboxylic acids is 1. The molecule has 3 heterocycles. The Hall–Kier alpha value is -2.55. The van der Waals surface area contributed by atoms with E-state index in [1.54, 1.807) is 16.0 Å². The van der Waals surface area contributed by atoms with Crippen LogP contribution in [0.4, 0.5) is 0 Å². The maximum atomic E-state index is 12.9. The van der Waals surface area contributed by atoms with E-state index in [0.717, 1.165) is 4.88 Å². The summed E-state index contributed by atoms with van der Waals surface area (Å²) in [6.45, 7) is 5.32. The van der Waals surface area contributed by atoms with E-state index in [9.17, 15) is 9.59 Å². The normalized spacial score (nSPS) is 11.2. The molecular formula is C16H20N6O2S. The minimum atomic E-state index is -0.356. The van der Waals surface area contributed by atoms with Crippen molar-refractivity contribution >= 4 is 17.1 Å². The van der Waals surface area contributed by atoms with Crippen molar-refractivity contribution < 1.29 is 4.79 Å². The molecule has 0 fully saturated rings. The fraction of sp³-hybridized carbons (Fsp3) is 0.438. The summed E-state index contributed by atoms with van der Waals surface area (Å²) in [6, 6.07) is 3.96. The number of Topliss-reactive ketones (excluding diaryl/α,β-unsaturated/α-hetero) is 1. The lowest BCUT2D eigenvalue weighted by Crippen LogP contribution is -2.33. The lowest BCUT2D eigenvalue weighted by atomic mass is 10.3. The summed E-state index contributed by atoms with van der Waals surface area (Å²) in [5.41, 5.74) is -0.356. The van der Waals surface area contributed by atoms with Gasteiger partial charge in [-0.1, -0.05) is 19.9 Å². The van der Waals surface area contributed by atoms with Crippen molar-refractivity contribution in [3.63, 3.8) is 0 Å². The van der Waals surface area contributed by atoms with Crippen molar-refractivity contribution in [2.75, 3.05) is 0 Å². The molecule has 0 amide bonds. The molecule has 3 rings (SSSR count). The molecule has 0 unspecified atom stereocenters. The molecule has 3 aromatic rings. The van der Waals surface area contributed by atoms with Crippen LogP contribution in [0.3, 0.4) is 0 Å². The SMILES string of the molecule is CCc1nnc(CC)n1-n1c(Cc2cccs2)nn(CC(C)=O)c1=O. The van der Waals surface area contributed by atoms with Gasteiger partial charge < -0.3 is 0 Å². The Morgan fingerprint density at radius 3 is 2.32 bits per heavy atom. The van der Waals surface area contributed by atoms with Crippen LogP contribution in [-0.4, -0.2) is 35.1 Å². The quantitative estimate of drug-likeness (QED) is 0.634. The van der Waals surface area contributed by atoms with Crippen molar-refractivity contribution in [3.8, 4) is 0 Å². The predicted molar refractivity (Wildman–Crippen MR) is 93.9 cm³/mol. The zero-order chi connectivity index (χ0) is 18.0. The number of hydrogen-bond acceptors (Lipinski definition) is 6. The van der Waals surface area contributed by atoms with Gasteiger partial charge in [-0.05, 0) is 18.4 Å². The first-order chi connectivity index (χ1) is 12.0. The van der Waals surface area contributed by atoms with Crippen molar-refractivity contribution in [3.05, 3.63) is 50.3 Å². The van der Waals surface area contributed by atoms with Crippen molar-refractivity contribution in [1.82, 2.24) is 29.3 Å². The van der Waals surface area contributed by atoms with Crippen molar-refractivity contribution in [2.45, 2.75) is 46.6 Å². The number of aryl methyl sites for hydroxylation is 2. The molecule has 132 valence electrons. The van der Waals surface area contributed by atoms with Gasteiger partial charge in [0, 0.05) is 24.1 Å². The summed E-state index contributed by atoms with van der Waals surface area (Å²) in [5.74, 6) is 1.82. The van der Waals surface area contributed by atoms with Crippen LogP contribution in [-0.2, 0) is 30.6 Å². The zero-order valence-electron chi connectivity index (χ0n) is 14.5. The molecule has 0 radical (unpaired) electrons. The van der Waals surface area contributed by atoms with Gasteiger partial charge in [-0.25, -0.2) is 14.2 Å². The Morgan fingerprint density at radius 2 is 1.80 bits per heavy atom. The molecular weight excluding hydrogens is 340 g/mol. The highest BCUT2D eigenvalue weighted by Crippen LogP contribution is 2.14. The van der Waals surface area contributed by atoms with Gasteiger partial charge >= 0.3 is 5.69 Å². The minimum Gasteiger partial charge on any atom is -0.298 e. The fourth-order valence-corrected chi connectivity index (χ4v) is 3.36. The van der Waals surface area contributed by atoms with Crippen LogP contribution in [0.2, 0.25) is 0 Å². The fourth-order valence-electron chi connectivity index (χ4n) is 2.66. The Labute approximate surface area is 148 Å². The molecule has 0 saturated carbocycles. The van der Waals surface area contributed by atoms with Crippen molar-refractivity contribution in [1.29, 1.82) is 0 Å². The van der Waals surface area contributed by atoms with Gasteiger partial charge in [0.2, 0.25) is 0 Å². The third kappa shape index (κ3) is 3.32. The first-order valence-corrected chi connectivity index (χ1v) is 9.07. The number of thiophene rings is 1. The second kappa shape index (κ2) is 7.14. The van der Waals surface area contributed by atoms with E-state index in [0.29, 0.717) is 36.7 Å². The average molecular weight is 360 g/mol. The molecule has 0 aliphatic heterocycles. The number of nitrogens with zero attached hydrogens (tertiary/aromatic N) is 6. The van der Waals surface area contributed by atoms with E-state index in [-0.39, 0.29) is 18.0 Å². The molecule has 25 heavy (non-hydrogen) atoms. The first kappa shape index (κ1) is 17.3. The maximum absolute atomic E-state index is 12.9. The highest BCUT2D eigenvalue weighted by molar-refractivity contribution is 7.09. The molecule has 0 spiro atoms. The smallest absolute Gasteiger partial charge is 0.298 e. The van der Waals surface area contributed by atoms with E-state index in [1.165, 1.54) is 16.3 Å². The Balaban J connectivity index is 2.20. The third-order valence-corrected chi connectivity index (χ3v) is 4.65. The predicted octanol–water partition coefficient (Wildman–Crippen LogP) is 1.31. The largest absolute Gasteiger partial charge is 0.366 e. The van der Waals surface area contributed by atoms with Crippen LogP contribution < -0.4 is 5.69 Å². The van der Waals surface area contributed by atoms with E-state index in [1.807, 2.05) is 31.4 Å². The minimum absolute atomic E-state index is 0.0473.